The van der Waals surface area contributed by atoms with Crippen molar-refractivity contribution in [1.29, 1.82) is 0 Å². The van der Waals surface area contributed by atoms with Gasteiger partial charge in [-0.3, -0.25) is 4.79 Å². The third kappa shape index (κ3) is 3.11. The van der Waals surface area contributed by atoms with Crippen LogP contribution < -0.4 is 10.6 Å². The van der Waals surface area contributed by atoms with E-state index in [0.29, 0.717) is 13.1 Å². The summed E-state index contributed by atoms with van der Waals surface area (Å²) in [6, 6.07) is 0.0106. The molecule has 2 N–H and O–H groups in total. The second kappa shape index (κ2) is 5.00. The summed E-state index contributed by atoms with van der Waals surface area (Å²) in [4.78, 5) is 24.3. The largest absolute Gasteiger partial charge is 0.354 e. The minimum absolute atomic E-state index is 0.00963. The summed E-state index contributed by atoms with van der Waals surface area (Å²) in [6.45, 7) is 7.57. The maximum Gasteiger partial charge on any atom is 0.317 e. The minimum Gasteiger partial charge on any atom is -0.354 e. The molecule has 15 heavy (non-hydrogen) atoms. The monoisotopic (exact) mass is 213 g/mol. The minimum atomic E-state index is -0.0405. The van der Waals surface area contributed by atoms with Crippen LogP contribution in [0.1, 0.15) is 20.8 Å². The van der Waals surface area contributed by atoms with Crippen molar-refractivity contribution < 1.29 is 9.59 Å². The zero-order chi connectivity index (χ0) is 11.4. The number of nitrogens with one attached hydrogen (secondary N) is 2. The van der Waals surface area contributed by atoms with Crippen molar-refractivity contribution in [3.63, 3.8) is 0 Å². The fourth-order valence-corrected chi connectivity index (χ4v) is 1.47. The van der Waals surface area contributed by atoms with E-state index in [-0.39, 0.29) is 23.9 Å². The number of hydrogen-bond acceptors (Lipinski definition) is 2. The zero-order valence-corrected chi connectivity index (χ0v) is 9.54. The van der Waals surface area contributed by atoms with Crippen LogP contribution in [0.3, 0.4) is 0 Å². The molecule has 86 valence electrons. The van der Waals surface area contributed by atoms with Crippen LogP contribution in [0.15, 0.2) is 0 Å². The van der Waals surface area contributed by atoms with E-state index in [0.717, 1.165) is 6.54 Å². The highest BCUT2D eigenvalue weighted by molar-refractivity contribution is 5.78. The van der Waals surface area contributed by atoms with Crippen molar-refractivity contribution in [2.45, 2.75) is 26.8 Å². The maximum atomic E-state index is 11.3. The fourth-order valence-electron chi connectivity index (χ4n) is 1.47. The predicted molar refractivity (Wildman–Crippen MR) is 57.4 cm³/mol. The highest BCUT2D eigenvalue weighted by atomic mass is 16.2. The summed E-state index contributed by atoms with van der Waals surface area (Å²) >= 11 is 0. The number of carbonyl (C=O) groups excluding carboxylic acids is 2. The summed E-state index contributed by atoms with van der Waals surface area (Å²) in [5, 5.41) is 5.55. The van der Waals surface area contributed by atoms with E-state index in [1.807, 2.05) is 20.8 Å². The fraction of sp³-hybridized carbons (Fsp3) is 0.800. The molecule has 5 nitrogen and oxygen atoms in total. The molecule has 0 aromatic heterocycles. The highest BCUT2D eigenvalue weighted by Crippen LogP contribution is 2.03. The predicted octanol–water partition coefficient (Wildman–Crippen LogP) is 0.172. The van der Waals surface area contributed by atoms with Crippen LogP contribution >= 0.6 is 0 Å². The van der Waals surface area contributed by atoms with Crippen molar-refractivity contribution >= 4 is 11.9 Å². The van der Waals surface area contributed by atoms with Gasteiger partial charge in [0.15, 0.2) is 0 Å². The average Bonchev–Trinajstić information content (AvgIpc) is 2.60. The molecule has 0 bridgehead atoms. The first-order valence-electron chi connectivity index (χ1n) is 5.34. The Hall–Kier alpha value is -1.26. The van der Waals surface area contributed by atoms with Gasteiger partial charge in [0.2, 0.25) is 5.91 Å². The van der Waals surface area contributed by atoms with Crippen LogP contribution in [0.5, 0.6) is 0 Å². The van der Waals surface area contributed by atoms with Gasteiger partial charge in [0.1, 0.15) is 0 Å². The van der Waals surface area contributed by atoms with Gasteiger partial charge >= 0.3 is 6.03 Å². The number of rotatable bonds is 4. The lowest BCUT2D eigenvalue weighted by Gasteiger charge is -2.23. The van der Waals surface area contributed by atoms with Gasteiger partial charge in [-0.05, 0) is 6.92 Å². The smallest absolute Gasteiger partial charge is 0.317 e. The molecule has 1 fully saturated rings. The second-order valence-corrected chi connectivity index (χ2v) is 4.17. The van der Waals surface area contributed by atoms with Gasteiger partial charge in [-0.2, -0.15) is 0 Å². The summed E-state index contributed by atoms with van der Waals surface area (Å²) < 4.78 is 0. The van der Waals surface area contributed by atoms with Crippen LogP contribution in [0, 0.1) is 5.92 Å². The van der Waals surface area contributed by atoms with Crippen molar-refractivity contribution in [2.24, 2.45) is 5.92 Å². The molecule has 1 aliphatic rings. The molecule has 0 aromatic carbocycles. The van der Waals surface area contributed by atoms with Gasteiger partial charge in [0.05, 0.1) is 0 Å². The third-order valence-corrected chi connectivity index (χ3v) is 2.52. The topological polar surface area (TPSA) is 61.4 Å². The van der Waals surface area contributed by atoms with Crippen molar-refractivity contribution in [1.82, 2.24) is 15.5 Å². The Bertz CT molecular complexity index is 253. The molecule has 0 aromatic rings. The molecule has 5 heteroatoms. The molecular formula is C10H19N3O2. The first-order valence-corrected chi connectivity index (χ1v) is 5.34. The molecule has 1 rings (SSSR count). The van der Waals surface area contributed by atoms with Crippen LogP contribution in [0.25, 0.3) is 0 Å². The average molecular weight is 213 g/mol. The Morgan fingerprint density at radius 2 is 2.20 bits per heavy atom. The van der Waals surface area contributed by atoms with Gasteiger partial charge in [0.25, 0.3) is 0 Å². The molecule has 0 saturated carbocycles. The van der Waals surface area contributed by atoms with E-state index in [1.165, 1.54) is 0 Å². The van der Waals surface area contributed by atoms with E-state index >= 15 is 0 Å². The van der Waals surface area contributed by atoms with E-state index in [9.17, 15) is 9.59 Å². The molecule has 1 heterocycles. The number of carbonyl (C=O) groups is 2. The summed E-state index contributed by atoms with van der Waals surface area (Å²) in [7, 11) is 0. The van der Waals surface area contributed by atoms with Gasteiger partial charge in [0, 0.05) is 31.6 Å². The molecule has 1 saturated heterocycles. The van der Waals surface area contributed by atoms with Gasteiger partial charge in [-0.15, -0.1) is 0 Å². The first-order chi connectivity index (χ1) is 7.02. The van der Waals surface area contributed by atoms with E-state index in [1.54, 1.807) is 4.90 Å². The first kappa shape index (κ1) is 11.8. The number of hydrogen-bond donors (Lipinski definition) is 2. The van der Waals surface area contributed by atoms with Crippen LogP contribution in [0.2, 0.25) is 0 Å². The molecular weight excluding hydrogens is 194 g/mol. The maximum absolute atomic E-state index is 11.3. The molecule has 0 spiro atoms. The van der Waals surface area contributed by atoms with Crippen LogP contribution in [0.4, 0.5) is 4.79 Å². The Morgan fingerprint density at radius 3 is 2.67 bits per heavy atom. The van der Waals surface area contributed by atoms with Crippen molar-refractivity contribution in [3.8, 4) is 0 Å². The standard InChI is InChI=1S/C10H19N3O2/c1-7(2)9(14)12-6-8(3)13-5-4-11-10(13)15/h7-8H,4-6H2,1-3H3,(H,11,15)(H,12,14). The summed E-state index contributed by atoms with van der Waals surface area (Å²) in [5.41, 5.74) is 0. The zero-order valence-electron chi connectivity index (χ0n) is 9.54. The molecule has 1 atom stereocenters. The Labute approximate surface area is 90.2 Å². The third-order valence-electron chi connectivity index (χ3n) is 2.52. The normalized spacial score (nSPS) is 17.9. The van der Waals surface area contributed by atoms with Crippen LogP contribution in [-0.2, 0) is 4.79 Å². The quantitative estimate of drug-likeness (QED) is 0.699. The second-order valence-electron chi connectivity index (χ2n) is 4.17. The Kier molecular flexibility index (Phi) is 3.94. The van der Waals surface area contributed by atoms with Crippen LogP contribution in [-0.4, -0.2) is 42.5 Å². The van der Waals surface area contributed by atoms with Crippen molar-refractivity contribution in [3.05, 3.63) is 0 Å². The molecule has 1 unspecified atom stereocenters. The Balaban J connectivity index is 2.32. The van der Waals surface area contributed by atoms with E-state index in [2.05, 4.69) is 10.6 Å². The molecule has 0 radical (unpaired) electrons. The van der Waals surface area contributed by atoms with Gasteiger partial charge < -0.3 is 15.5 Å². The SMILES string of the molecule is CC(C)C(=O)NCC(C)N1CCNC1=O. The number of urea groups is 1. The lowest BCUT2D eigenvalue weighted by atomic mass is 10.2. The summed E-state index contributed by atoms with van der Waals surface area (Å²) in [6.07, 6.45) is 0. The lowest BCUT2D eigenvalue weighted by molar-refractivity contribution is -0.124. The van der Waals surface area contributed by atoms with Gasteiger partial charge in [-0.25, -0.2) is 4.79 Å². The molecule has 0 aliphatic carbocycles. The van der Waals surface area contributed by atoms with E-state index < -0.39 is 0 Å². The molecule has 3 amide bonds. The summed E-state index contributed by atoms with van der Waals surface area (Å²) in [5.74, 6) is 0.0195. The Morgan fingerprint density at radius 1 is 1.53 bits per heavy atom. The van der Waals surface area contributed by atoms with Crippen molar-refractivity contribution in [2.75, 3.05) is 19.6 Å². The highest BCUT2D eigenvalue weighted by Gasteiger charge is 2.24. The number of nitrogens with zero attached hydrogens (tertiary/aromatic N) is 1. The van der Waals surface area contributed by atoms with E-state index in [4.69, 9.17) is 0 Å². The number of amides is 3. The lowest BCUT2D eigenvalue weighted by Crippen LogP contribution is -2.44. The molecule has 1 aliphatic heterocycles. The van der Waals surface area contributed by atoms with Gasteiger partial charge in [-0.1, -0.05) is 13.8 Å².